The van der Waals surface area contributed by atoms with Gasteiger partial charge in [-0.1, -0.05) is 0 Å². The van der Waals surface area contributed by atoms with Crippen LogP contribution in [0.3, 0.4) is 0 Å². The van der Waals surface area contributed by atoms with Gasteiger partial charge in [-0.3, -0.25) is 0 Å². The first kappa shape index (κ1) is 9.45. The molecule has 2 aromatic rings. The van der Waals surface area contributed by atoms with Gasteiger partial charge >= 0.3 is 5.97 Å². The zero-order valence-electron chi connectivity index (χ0n) is 8.39. The molecule has 6 heteroatoms. The lowest BCUT2D eigenvalue weighted by molar-refractivity contribution is 0.0602. The lowest BCUT2D eigenvalue weighted by atomic mass is 10.3. The lowest BCUT2D eigenvalue weighted by Gasteiger charge is -2.00. The summed E-state index contributed by atoms with van der Waals surface area (Å²) in [6, 6.07) is 1.76. The van der Waals surface area contributed by atoms with E-state index in [1.54, 1.807) is 19.3 Å². The first-order valence-electron chi connectivity index (χ1n) is 4.36. The summed E-state index contributed by atoms with van der Waals surface area (Å²) in [6.07, 6.45) is 3.16. The standard InChI is InChI=1S/C9H10N4O2/c1-10-7-3-4-13-8(12-7)6(5-11-13)9(14)15-2/h3-5H,1-2H3,(H,10,12). The first-order valence-corrected chi connectivity index (χ1v) is 4.36. The molecule has 6 nitrogen and oxygen atoms in total. The van der Waals surface area contributed by atoms with Gasteiger partial charge in [0, 0.05) is 13.2 Å². The number of methoxy groups -OCH3 is 1. The van der Waals surface area contributed by atoms with E-state index in [0.717, 1.165) is 0 Å². The lowest BCUT2D eigenvalue weighted by Crippen LogP contribution is -2.03. The maximum absolute atomic E-state index is 11.4. The fraction of sp³-hybridized carbons (Fsp3) is 0.222. The minimum absolute atomic E-state index is 0.356. The predicted molar refractivity (Wildman–Crippen MR) is 53.9 cm³/mol. The highest BCUT2D eigenvalue weighted by Crippen LogP contribution is 2.11. The van der Waals surface area contributed by atoms with Crippen LogP contribution in [0, 0.1) is 0 Å². The van der Waals surface area contributed by atoms with Gasteiger partial charge in [0.25, 0.3) is 0 Å². The van der Waals surface area contributed by atoms with E-state index in [0.29, 0.717) is 17.0 Å². The molecule has 2 aromatic heterocycles. The Morgan fingerprint density at radius 3 is 3.07 bits per heavy atom. The second-order valence-electron chi connectivity index (χ2n) is 2.88. The number of esters is 1. The third-order valence-electron chi connectivity index (χ3n) is 2.03. The van der Waals surface area contributed by atoms with Crippen LogP contribution in [0.4, 0.5) is 5.82 Å². The summed E-state index contributed by atoms with van der Waals surface area (Å²) in [7, 11) is 3.08. The van der Waals surface area contributed by atoms with Crippen LogP contribution in [0.5, 0.6) is 0 Å². The molecule has 1 N–H and O–H groups in total. The maximum atomic E-state index is 11.4. The second kappa shape index (κ2) is 3.56. The summed E-state index contributed by atoms with van der Waals surface area (Å²) < 4.78 is 6.14. The minimum atomic E-state index is -0.439. The summed E-state index contributed by atoms with van der Waals surface area (Å²) in [5.74, 6) is 0.235. The molecule has 0 bridgehead atoms. The molecular formula is C9H10N4O2. The smallest absolute Gasteiger partial charge is 0.343 e. The zero-order chi connectivity index (χ0) is 10.8. The van der Waals surface area contributed by atoms with Gasteiger partial charge in [-0.15, -0.1) is 0 Å². The van der Waals surface area contributed by atoms with Crippen molar-refractivity contribution in [2.45, 2.75) is 0 Å². The van der Waals surface area contributed by atoms with Crippen molar-refractivity contribution in [2.24, 2.45) is 0 Å². The third kappa shape index (κ3) is 1.50. The summed E-state index contributed by atoms with van der Waals surface area (Å²) in [6.45, 7) is 0. The van der Waals surface area contributed by atoms with Gasteiger partial charge in [-0.25, -0.2) is 14.3 Å². The SMILES string of the molecule is CNc1ccn2ncc(C(=O)OC)c2n1. The first-order chi connectivity index (χ1) is 7.26. The van der Waals surface area contributed by atoms with E-state index in [1.165, 1.54) is 17.8 Å². The number of carbonyl (C=O) groups excluding carboxylic acids is 1. The highest BCUT2D eigenvalue weighted by molar-refractivity contribution is 5.95. The molecule has 2 rings (SSSR count). The van der Waals surface area contributed by atoms with E-state index < -0.39 is 5.97 Å². The van der Waals surface area contributed by atoms with E-state index in [4.69, 9.17) is 0 Å². The molecule has 0 aliphatic rings. The maximum Gasteiger partial charge on any atom is 0.343 e. The average Bonchev–Trinajstić information content (AvgIpc) is 2.70. The molecule has 0 atom stereocenters. The Morgan fingerprint density at radius 2 is 2.40 bits per heavy atom. The Hall–Kier alpha value is -2.11. The summed E-state index contributed by atoms with van der Waals surface area (Å²) in [5, 5.41) is 6.88. The Morgan fingerprint density at radius 1 is 1.60 bits per heavy atom. The van der Waals surface area contributed by atoms with E-state index in [1.807, 2.05) is 0 Å². The quantitative estimate of drug-likeness (QED) is 0.727. The topological polar surface area (TPSA) is 68.5 Å². The second-order valence-corrected chi connectivity index (χ2v) is 2.88. The highest BCUT2D eigenvalue weighted by atomic mass is 16.5. The molecular weight excluding hydrogens is 196 g/mol. The number of hydrogen-bond acceptors (Lipinski definition) is 5. The molecule has 0 amide bonds. The predicted octanol–water partition coefficient (Wildman–Crippen LogP) is 0.558. The van der Waals surface area contributed by atoms with Crippen LogP contribution in [0.2, 0.25) is 0 Å². The van der Waals surface area contributed by atoms with E-state index in [9.17, 15) is 4.79 Å². The number of nitrogens with zero attached hydrogens (tertiary/aromatic N) is 3. The fourth-order valence-corrected chi connectivity index (χ4v) is 1.26. The van der Waals surface area contributed by atoms with Crippen molar-refractivity contribution < 1.29 is 9.53 Å². The van der Waals surface area contributed by atoms with E-state index >= 15 is 0 Å². The Balaban J connectivity index is 2.61. The molecule has 78 valence electrons. The van der Waals surface area contributed by atoms with Gasteiger partial charge in [0.15, 0.2) is 5.65 Å². The fourth-order valence-electron chi connectivity index (χ4n) is 1.26. The molecule has 0 saturated carbocycles. The highest BCUT2D eigenvalue weighted by Gasteiger charge is 2.14. The van der Waals surface area contributed by atoms with E-state index in [-0.39, 0.29) is 0 Å². The number of hydrogen-bond donors (Lipinski definition) is 1. The van der Waals surface area contributed by atoms with Crippen molar-refractivity contribution in [3.63, 3.8) is 0 Å². The van der Waals surface area contributed by atoms with Crippen LogP contribution in [0.1, 0.15) is 10.4 Å². The minimum Gasteiger partial charge on any atom is -0.465 e. The number of aromatic nitrogens is 3. The Bertz CT molecular complexity index is 506. The van der Waals surface area contributed by atoms with Crippen LogP contribution in [-0.4, -0.2) is 34.7 Å². The third-order valence-corrected chi connectivity index (χ3v) is 2.03. The average molecular weight is 206 g/mol. The number of carbonyl (C=O) groups is 1. The van der Waals surface area contributed by atoms with Crippen molar-refractivity contribution >= 4 is 17.4 Å². The van der Waals surface area contributed by atoms with Crippen molar-refractivity contribution in [1.29, 1.82) is 0 Å². The van der Waals surface area contributed by atoms with Crippen LogP contribution in [0.15, 0.2) is 18.5 Å². The monoisotopic (exact) mass is 206 g/mol. The van der Waals surface area contributed by atoms with Crippen molar-refractivity contribution in [3.8, 4) is 0 Å². The molecule has 0 aliphatic heterocycles. The summed E-state index contributed by atoms with van der Waals surface area (Å²) in [4.78, 5) is 15.6. The number of ether oxygens (including phenoxy) is 1. The molecule has 0 radical (unpaired) electrons. The van der Waals surface area contributed by atoms with Crippen molar-refractivity contribution in [2.75, 3.05) is 19.5 Å². The summed E-state index contributed by atoms with van der Waals surface area (Å²) in [5.41, 5.74) is 0.836. The Kier molecular flexibility index (Phi) is 2.24. The van der Waals surface area contributed by atoms with Crippen molar-refractivity contribution in [1.82, 2.24) is 14.6 Å². The van der Waals surface area contributed by atoms with Gasteiger partial charge in [0.05, 0.1) is 13.3 Å². The number of fused-ring (bicyclic) bond motifs is 1. The zero-order valence-corrected chi connectivity index (χ0v) is 8.39. The van der Waals surface area contributed by atoms with Gasteiger partial charge in [-0.2, -0.15) is 5.10 Å². The van der Waals surface area contributed by atoms with Crippen LogP contribution < -0.4 is 5.32 Å². The molecule has 0 aliphatic carbocycles. The number of anilines is 1. The number of rotatable bonds is 2. The largest absolute Gasteiger partial charge is 0.465 e. The number of nitrogens with one attached hydrogen (secondary N) is 1. The van der Waals surface area contributed by atoms with Crippen LogP contribution in [-0.2, 0) is 4.74 Å². The molecule has 0 aromatic carbocycles. The molecule has 0 unspecified atom stereocenters. The molecule has 2 heterocycles. The van der Waals surface area contributed by atoms with Gasteiger partial charge in [0.2, 0.25) is 0 Å². The van der Waals surface area contributed by atoms with E-state index in [2.05, 4.69) is 20.1 Å². The Labute approximate surface area is 85.9 Å². The summed E-state index contributed by atoms with van der Waals surface area (Å²) >= 11 is 0. The molecule has 0 spiro atoms. The van der Waals surface area contributed by atoms with Gasteiger partial charge in [-0.05, 0) is 6.07 Å². The molecule has 0 saturated heterocycles. The molecule has 0 fully saturated rings. The molecule has 15 heavy (non-hydrogen) atoms. The van der Waals surface area contributed by atoms with Crippen LogP contribution >= 0.6 is 0 Å². The van der Waals surface area contributed by atoms with Crippen LogP contribution in [0.25, 0.3) is 5.65 Å². The van der Waals surface area contributed by atoms with Gasteiger partial charge < -0.3 is 10.1 Å². The normalized spacial score (nSPS) is 10.3. The van der Waals surface area contributed by atoms with Gasteiger partial charge in [0.1, 0.15) is 11.4 Å². The van der Waals surface area contributed by atoms with Crippen molar-refractivity contribution in [3.05, 3.63) is 24.0 Å².